The normalized spacial score (nSPS) is 18.1. The summed E-state index contributed by atoms with van der Waals surface area (Å²) in [5.41, 5.74) is -1.70. The third-order valence-electron chi connectivity index (χ3n) is 7.32. The number of carbonyl (C=O) groups is 1. The van der Waals surface area contributed by atoms with Crippen LogP contribution in [0.3, 0.4) is 0 Å². The summed E-state index contributed by atoms with van der Waals surface area (Å²) >= 11 is 0. The molecule has 3 aromatic rings. The van der Waals surface area contributed by atoms with Crippen LogP contribution in [0, 0.1) is 11.2 Å². The monoisotopic (exact) mass is 627 g/mol. The first-order valence-electron chi connectivity index (χ1n) is 12.7. The van der Waals surface area contributed by atoms with Crippen LogP contribution in [0.25, 0.3) is 11.1 Å². The number of aliphatic carboxylic acids is 1. The first kappa shape index (κ1) is 30.3. The van der Waals surface area contributed by atoms with Crippen molar-refractivity contribution >= 4 is 21.7 Å². The smallest absolute Gasteiger partial charge is 0.416 e. The molecule has 43 heavy (non-hydrogen) atoms. The van der Waals surface area contributed by atoms with Crippen LogP contribution < -0.4 is 13.8 Å². The Morgan fingerprint density at radius 2 is 1.81 bits per heavy atom. The number of nitrogens with zero attached hydrogens (tertiary/aromatic N) is 1. The number of anilines is 1. The first-order chi connectivity index (χ1) is 20.1. The molecule has 0 aromatic heterocycles. The number of fused-ring (bicyclic) bond motifs is 1. The molecule has 5 rings (SSSR count). The van der Waals surface area contributed by atoms with Crippen molar-refractivity contribution in [1.29, 1.82) is 0 Å². The molecule has 1 aliphatic carbocycles. The van der Waals surface area contributed by atoms with E-state index in [1.54, 1.807) is 0 Å². The van der Waals surface area contributed by atoms with Crippen molar-refractivity contribution in [3.05, 3.63) is 84.2 Å². The Morgan fingerprint density at radius 1 is 1.09 bits per heavy atom. The van der Waals surface area contributed by atoms with Crippen LogP contribution in [0.1, 0.15) is 24.8 Å². The Kier molecular flexibility index (Phi) is 7.61. The summed E-state index contributed by atoms with van der Waals surface area (Å²) in [6, 6.07) is 9.97. The van der Waals surface area contributed by atoms with Gasteiger partial charge in [-0.15, -0.1) is 0 Å². The van der Waals surface area contributed by atoms with E-state index in [-0.39, 0.29) is 41.8 Å². The van der Waals surface area contributed by atoms with Crippen LogP contribution in [0.4, 0.5) is 32.0 Å². The number of carboxylic acids is 1. The van der Waals surface area contributed by atoms with Gasteiger partial charge in [0.2, 0.25) is 0 Å². The molecule has 0 amide bonds. The minimum absolute atomic E-state index is 0.0327. The number of carboxylic acid groups (broad SMARTS) is 1. The lowest BCUT2D eigenvalue weighted by Gasteiger charge is -2.44. The molecule has 0 unspecified atom stereocenters. The molecule has 3 aromatic carbocycles. The second-order valence-corrected chi connectivity index (χ2v) is 12.3. The van der Waals surface area contributed by atoms with Crippen molar-refractivity contribution < 1.29 is 54.1 Å². The van der Waals surface area contributed by atoms with Gasteiger partial charge in [-0.1, -0.05) is 24.3 Å². The fraction of sp³-hybridized carbons (Fsp3) is 0.276. The van der Waals surface area contributed by atoms with E-state index in [1.165, 1.54) is 18.2 Å². The van der Waals surface area contributed by atoms with Gasteiger partial charge in [0, 0.05) is 12.5 Å². The fourth-order valence-electron chi connectivity index (χ4n) is 5.41. The zero-order valence-corrected chi connectivity index (χ0v) is 22.9. The highest BCUT2D eigenvalue weighted by molar-refractivity contribution is 7.92. The van der Waals surface area contributed by atoms with Crippen LogP contribution >= 0.6 is 0 Å². The number of ether oxygens (including phenoxy) is 2. The Hall–Kier alpha value is -4.20. The summed E-state index contributed by atoms with van der Waals surface area (Å²) in [7, 11) is -4.71. The van der Waals surface area contributed by atoms with Gasteiger partial charge in [-0.3, -0.25) is 9.10 Å². The van der Waals surface area contributed by atoms with Crippen molar-refractivity contribution in [3.8, 4) is 22.6 Å². The van der Waals surface area contributed by atoms with Gasteiger partial charge in [0.15, 0.2) is 0 Å². The quantitative estimate of drug-likeness (QED) is 0.216. The predicted octanol–water partition coefficient (Wildman–Crippen LogP) is 6.88. The van der Waals surface area contributed by atoms with E-state index in [1.807, 2.05) is 0 Å². The van der Waals surface area contributed by atoms with E-state index < -0.39 is 68.9 Å². The van der Waals surface area contributed by atoms with Crippen LogP contribution in [0.15, 0.2) is 77.7 Å². The summed E-state index contributed by atoms with van der Waals surface area (Å²) in [4.78, 5) is 11.4. The highest BCUT2D eigenvalue weighted by Crippen LogP contribution is 2.50. The van der Waals surface area contributed by atoms with E-state index >= 15 is 0 Å². The Morgan fingerprint density at radius 3 is 2.44 bits per heavy atom. The molecule has 1 heterocycles. The van der Waals surface area contributed by atoms with E-state index in [2.05, 4.69) is 11.3 Å². The Labute approximate surface area is 242 Å². The molecule has 0 radical (unpaired) electrons. The third kappa shape index (κ3) is 6.01. The van der Waals surface area contributed by atoms with E-state index in [0.29, 0.717) is 11.6 Å². The first-order valence-corrected chi connectivity index (χ1v) is 14.2. The molecule has 0 bridgehead atoms. The minimum atomic E-state index is -4.83. The number of benzene rings is 3. The average Bonchev–Trinajstić information content (AvgIpc) is 2.90. The SMILES string of the molecule is C=C1CC(C[C@H]2CN(S(=O)(=O)c3cccc(C(F)(F)F)c3)c3cc(-c4cc(F)cc(OC(F)F)c4)ccc3O2)(C(=O)O)C1. The van der Waals surface area contributed by atoms with E-state index in [0.717, 1.165) is 40.7 Å². The van der Waals surface area contributed by atoms with Gasteiger partial charge >= 0.3 is 18.8 Å². The molecular weight excluding hydrogens is 604 g/mol. The van der Waals surface area contributed by atoms with Gasteiger partial charge in [-0.2, -0.15) is 22.0 Å². The number of sulfonamides is 1. The summed E-state index contributed by atoms with van der Waals surface area (Å²) < 4.78 is 119. The highest BCUT2D eigenvalue weighted by Gasteiger charge is 2.50. The number of hydrogen-bond acceptors (Lipinski definition) is 5. The molecule has 2 aliphatic rings. The van der Waals surface area contributed by atoms with Crippen LogP contribution in [-0.2, 0) is 21.0 Å². The number of rotatable bonds is 8. The lowest BCUT2D eigenvalue weighted by molar-refractivity contribution is -0.153. The number of hydrogen-bond donors (Lipinski definition) is 1. The standard InChI is InChI=1S/C29H23F6NO6S/c1-16-12-28(13-16,26(37)38)14-22-15-36(43(39,40)23-4-2-3-19(10-23)29(33,34)35)24-9-17(5-6-25(24)41-22)18-7-20(30)11-21(8-18)42-27(31)32/h2-11,22,27H,1,12-15H2,(H,37,38)/t22-/m0/s1. The van der Waals surface area contributed by atoms with Gasteiger partial charge in [0.1, 0.15) is 23.4 Å². The summed E-state index contributed by atoms with van der Waals surface area (Å²) in [6.07, 6.45) is -5.66. The molecule has 228 valence electrons. The molecule has 0 spiro atoms. The summed E-state index contributed by atoms with van der Waals surface area (Å²) in [5.74, 6) is -2.57. The maximum Gasteiger partial charge on any atom is 0.416 e. The topological polar surface area (TPSA) is 93.1 Å². The molecular formula is C29H23F6NO6S. The Balaban J connectivity index is 1.60. The van der Waals surface area contributed by atoms with Crippen molar-refractivity contribution in [2.45, 2.75) is 43.0 Å². The molecule has 1 aliphatic heterocycles. The minimum Gasteiger partial charge on any atom is -0.486 e. The lowest BCUT2D eigenvalue weighted by atomic mass is 9.63. The number of alkyl halides is 5. The van der Waals surface area contributed by atoms with Crippen molar-refractivity contribution in [1.82, 2.24) is 0 Å². The average molecular weight is 628 g/mol. The van der Waals surface area contributed by atoms with Crippen molar-refractivity contribution in [2.24, 2.45) is 5.41 Å². The molecule has 7 nitrogen and oxygen atoms in total. The van der Waals surface area contributed by atoms with Crippen molar-refractivity contribution in [3.63, 3.8) is 0 Å². The molecule has 1 atom stereocenters. The maximum absolute atomic E-state index is 14.3. The zero-order valence-electron chi connectivity index (χ0n) is 22.1. The van der Waals surface area contributed by atoms with Gasteiger partial charge in [-0.05, 0) is 66.4 Å². The second kappa shape index (κ2) is 10.8. The number of halogens is 6. The van der Waals surface area contributed by atoms with Crippen LogP contribution in [-0.4, -0.2) is 38.8 Å². The molecule has 1 N–H and O–H groups in total. The van der Waals surface area contributed by atoms with Gasteiger partial charge in [0.05, 0.1) is 28.1 Å². The highest BCUT2D eigenvalue weighted by atomic mass is 32.2. The third-order valence-corrected chi connectivity index (χ3v) is 9.09. The summed E-state index contributed by atoms with van der Waals surface area (Å²) in [5, 5.41) is 9.88. The zero-order chi connectivity index (χ0) is 31.3. The van der Waals surface area contributed by atoms with Gasteiger partial charge in [-0.25, -0.2) is 12.8 Å². The molecule has 1 fully saturated rings. The molecule has 14 heteroatoms. The number of allylic oxidation sites excluding steroid dienone is 1. The van der Waals surface area contributed by atoms with Crippen molar-refractivity contribution in [2.75, 3.05) is 10.8 Å². The van der Waals surface area contributed by atoms with E-state index in [9.17, 15) is 44.7 Å². The Bertz CT molecular complexity index is 1700. The molecule has 1 saturated carbocycles. The largest absolute Gasteiger partial charge is 0.486 e. The van der Waals surface area contributed by atoms with Gasteiger partial charge < -0.3 is 14.6 Å². The maximum atomic E-state index is 14.3. The lowest BCUT2D eigenvalue weighted by Crippen LogP contribution is -2.49. The van der Waals surface area contributed by atoms with E-state index in [4.69, 9.17) is 4.74 Å². The van der Waals surface area contributed by atoms with Crippen LogP contribution in [0.5, 0.6) is 11.5 Å². The predicted molar refractivity (Wildman–Crippen MR) is 142 cm³/mol. The second-order valence-electron chi connectivity index (χ2n) is 10.4. The summed E-state index contributed by atoms with van der Waals surface area (Å²) in [6.45, 7) is 0.0797. The molecule has 0 saturated heterocycles. The van der Waals surface area contributed by atoms with Gasteiger partial charge in [0.25, 0.3) is 10.0 Å². The van der Waals surface area contributed by atoms with Crippen LogP contribution in [0.2, 0.25) is 0 Å². The fourth-order valence-corrected chi connectivity index (χ4v) is 6.95.